The van der Waals surface area contributed by atoms with Gasteiger partial charge in [0.25, 0.3) is 0 Å². The predicted molar refractivity (Wildman–Crippen MR) is 115 cm³/mol. The van der Waals surface area contributed by atoms with E-state index in [2.05, 4.69) is 48.6 Å². The van der Waals surface area contributed by atoms with Crippen molar-refractivity contribution in [2.24, 2.45) is 0 Å². The highest BCUT2D eigenvalue weighted by Crippen LogP contribution is 2.51. The van der Waals surface area contributed by atoms with Crippen molar-refractivity contribution in [1.82, 2.24) is 0 Å². The van der Waals surface area contributed by atoms with Gasteiger partial charge in [0.15, 0.2) is 0 Å². The summed E-state index contributed by atoms with van der Waals surface area (Å²) < 4.78 is 0. The maximum atomic E-state index is 2.23. The van der Waals surface area contributed by atoms with Gasteiger partial charge < -0.3 is 0 Å². The minimum Gasteiger partial charge on any atom is -0.0623 e. The molecule has 0 heteroatoms. The van der Waals surface area contributed by atoms with Crippen LogP contribution in [0.5, 0.6) is 0 Å². The summed E-state index contributed by atoms with van der Waals surface area (Å²) in [6, 6.07) is 0. The molecule has 2 saturated carbocycles. The van der Waals surface area contributed by atoms with Crippen molar-refractivity contribution in [2.45, 2.75) is 12.8 Å². The Bertz CT molecular complexity index is 791. The van der Waals surface area contributed by atoms with E-state index in [0.717, 1.165) is 12.8 Å². The molecular weight excluding hydrogens is 312 g/mol. The van der Waals surface area contributed by atoms with Gasteiger partial charge in [-0.2, -0.15) is 0 Å². The molecule has 2 fully saturated rings. The standard InChI is InChI=1S/C26H24/c1-2-4-6-8-10-12-14-16-18-20-24-22-26(24)25-21-23(25)19-17-15-13-11-9-7-5-3-1/h1-20H,21-22H2. The summed E-state index contributed by atoms with van der Waals surface area (Å²) in [5, 5.41) is 0. The summed E-state index contributed by atoms with van der Waals surface area (Å²) in [5.74, 6) is 0. The van der Waals surface area contributed by atoms with Crippen LogP contribution in [-0.4, -0.2) is 0 Å². The van der Waals surface area contributed by atoms with Crippen LogP contribution in [0.2, 0.25) is 0 Å². The van der Waals surface area contributed by atoms with Gasteiger partial charge in [-0.15, -0.1) is 0 Å². The maximum absolute atomic E-state index is 2.23. The fourth-order valence-corrected chi connectivity index (χ4v) is 2.58. The average Bonchev–Trinajstić information content (AvgIpc) is 3.54. The largest absolute Gasteiger partial charge is 0.0623 e. The van der Waals surface area contributed by atoms with Gasteiger partial charge in [0.05, 0.1) is 0 Å². The Morgan fingerprint density at radius 2 is 0.538 bits per heavy atom. The summed E-state index contributed by atoms with van der Waals surface area (Å²) in [7, 11) is 0. The smallest absolute Gasteiger partial charge is 0.00170 e. The highest BCUT2D eigenvalue weighted by molar-refractivity contribution is 5.67. The van der Waals surface area contributed by atoms with Crippen molar-refractivity contribution in [2.75, 3.05) is 0 Å². The molecule has 128 valence electrons. The van der Waals surface area contributed by atoms with E-state index in [1.165, 1.54) is 11.1 Å². The first-order chi connectivity index (χ1) is 12.9. The molecule has 0 spiro atoms. The Labute approximate surface area is 157 Å². The molecule has 0 atom stereocenters. The molecule has 0 aliphatic heterocycles. The molecule has 26 heavy (non-hydrogen) atoms. The van der Waals surface area contributed by atoms with E-state index in [-0.39, 0.29) is 0 Å². The van der Waals surface area contributed by atoms with Crippen molar-refractivity contribution < 1.29 is 0 Å². The fraction of sp³-hybridized carbons (Fsp3) is 0.0769. The van der Waals surface area contributed by atoms with Crippen molar-refractivity contribution in [1.29, 1.82) is 0 Å². The van der Waals surface area contributed by atoms with Crippen molar-refractivity contribution in [3.05, 3.63) is 144 Å². The van der Waals surface area contributed by atoms with Crippen LogP contribution in [-0.2, 0) is 0 Å². The molecule has 0 unspecified atom stereocenters. The molecule has 0 aromatic carbocycles. The Morgan fingerprint density at radius 3 is 0.808 bits per heavy atom. The van der Waals surface area contributed by atoms with E-state index >= 15 is 0 Å². The van der Waals surface area contributed by atoms with Crippen LogP contribution in [0.25, 0.3) is 0 Å². The monoisotopic (exact) mass is 336 g/mol. The number of hydrogen-bond donors (Lipinski definition) is 0. The summed E-state index contributed by atoms with van der Waals surface area (Å²) >= 11 is 0. The van der Waals surface area contributed by atoms with Crippen LogP contribution in [0.1, 0.15) is 12.8 Å². The van der Waals surface area contributed by atoms with Crippen LogP contribution in [0.4, 0.5) is 0 Å². The Morgan fingerprint density at radius 1 is 0.308 bits per heavy atom. The van der Waals surface area contributed by atoms with E-state index in [1.54, 1.807) is 11.1 Å². The fourth-order valence-electron chi connectivity index (χ4n) is 2.58. The van der Waals surface area contributed by atoms with Gasteiger partial charge in [-0.1, -0.05) is 122 Å². The maximum Gasteiger partial charge on any atom is -0.00170 e. The van der Waals surface area contributed by atoms with E-state index in [0.29, 0.717) is 0 Å². The van der Waals surface area contributed by atoms with E-state index in [1.807, 2.05) is 72.9 Å². The Hall–Kier alpha value is -3.12. The summed E-state index contributed by atoms with van der Waals surface area (Å²) in [6.45, 7) is 0. The second-order valence-corrected chi connectivity index (χ2v) is 6.16. The number of allylic oxidation sites excluding steroid dienone is 24. The first-order valence-electron chi connectivity index (χ1n) is 9.07. The van der Waals surface area contributed by atoms with Crippen LogP contribution in [0, 0.1) is 0 Å². The first-order valence-corrected chi connectivity index (χ1v) is 9.07. The number of hydrogen-bond acceptors (Lipinski definition) is 0. The molecule has 0 amide bonds. The van der Waals surface area contributed by atoms with Crippen molar-refractivity contribution >= 4 is 0 Å². The third-order valence-electron chi connectivity index (χ3n) is 4.11. The molecule has 0 aromatic heterocycles. The van der Waals surface area contributed by atoms with Gasteiger partial charge in [0, 0.05) is 0 Å². The van der Waals surface area contributed by atoms with E-state index < -0.39 is 0 Å². The molecule has 0 nitrogen and oxygen atoms in total. The third kappa shape index (κ3) is 6.41. The highest BCUT2D eigenvalue weighted by Gasteiger charge is 2.33. The van der Waals surface area contributed by atoms with Crippen LogP contribution >= 0.6 is 0 Å². The molecular formula is C26H24. The molecule has 0 aromatic rings. The zero-order valence-electron chi connectivity index (χ0n) is 15.0. The summed E-state index contributed by atoms with van der Waals surface area (Å²) in [5.41, 5.74) is 6.07. The zero-order valence-corrected chi connectivity index (χ0v) is 15.0. The SMILES string of the molecule is C1=CC=CC=CC=CC=CC=C2CC2=C2CC2=CC=CC=CC=CC=C1. The van der Waals surface area contributed by atoms with E-state index in [4.69, 9.17) is 0 Å². The van der Waals surface area contributed by atoms with Crippen LogP contribution in [0.15, 0.2) is 144 Å². The lowest BCUT2D eigenvalue weighted by Gasteiger charge is -1.76. The number of rotatable bonds is 0. The average molecular weight is 336 g/mol. The molecule has 0 bridgehead atoms. The van der Waals surface area contributed by atoms with Crippen LogP contribution < -0.4 is 0 Å². The minimum atomic E-state index is 1.15. The van der Waals surface area contributed by atoms with Gasteiger partial charge in [-0.25, -0.2) is 0 Å². The lowest BCUT2D eigenvalue weighted by atomic mass is 10.3. The molecule has 3 aliphatic rings. The molecule has 0 radical (unpaired) electrons. The normalized spacial score (nSPS) is 19.7. The van der Waals surface area contributed by atoms with Crippen LogP contribution in [0.3, 0.4) is 0 Å². The second-order valence-electron chi connectivity index (χ2n) is 6.16. The molecule has 3 aliphatic carbocycles. The van der Waals surface area contributed by atoms with Crippen molar-refractivity contribution in [3.8, 4) is 0 Å². The second kappa shape index (κ2) is 10.0. The Balaban J connectivity index is 1.67. The van der Waals surface area contributed by atoms with Crippen molar-refractivity contribution in [3.63, 3.8) is 0 Å². The molecule has 0 saturated heterocycles. The first kappa shape index (κ1) is 17.7. The Kier molecular flexibility index (Phi) is 6.81. The van der Waals surface area contributed by atoms with Gasteiger partial charge in [-0.05, 0) is 35.1 Å². The number of fused-ring (bicyclic) bond motifs is 2. The minimum absolute atomic E-state index is 1.15. The zero-order chi connectivity index (χ0) is 17.9. The van der Waals surface area contributed by atoms with Gasteiger partial charge in [0.1, 0.15) is 0 Å². The molecule has 3 rings (SSSR count). The highest BCUT2D eigenvalue weighted by atomic mass is 14.4. The molecule has 0 heterocycles. The van der Waals surface area contributed by atoms with Gasteiger partial charge in [-0.3, -0.25) is 0 Å². The summed E-state index contributed by atoms with van der Waals surface area (Å²) in [6.07, 6.45) is 43.6. The van der Waals surface area contributed by atoms with Gasteiger partial charge in [0.2, 0.25) is 0 Å². The third-order valence-corrected chi connectivity index (χ3v) is 4.11. The predicted octanol–water partition coefficient (Wildman–Crippen LogP) is 6.96. The lowest BCUT2D eigenvalue weighted by molar-refractivity contribution is 1.62. The van der Waals surface area contributed by atoms with Gasteiger partial charge >= 0.3 is 0 Å². The topological polar surface area (TPSA) is 0 Å². The van der Waals surface area contributed by atoms with E-state index in [9.17, 15) is 0 Å². The lowest BCUT2D eigenvalue weighted by Crippen LogP contribution is -1.55. The molecule has 0 N–H and O–H groups in total. The quantitative estimate of drug-likeness (QED) is 0.448. The summed E-state index contributed by atoms with van der Waals surface area (Å²) in [4.78, 5) is 0.